The van der Waals surface area contributed by atoms with E-state index in [0.29, 0.717) is 25.7 Å². The molecule has 0 radical (unpaired) electrons. The SMILES string of the molecule is CC(C)(C)CCS(=O)(=O)NCCCOC1CCNCC1. The van der Waals surface area contributed by atoms with Crippen LogP contribution in [0.4, 0.5) is 0 Å². The second-order valence-corrected chi connectivity index (χ2v) is 8.62. The fourth-order valence-electron chi connectivity index (χ4n) is 2.02. The van der Waals surface area contributed by atoms with Crippen molar-refractivity contribution in [3.05, 3.63) is 0 Å². The summed E-state index contributed by atoms with van der Waals surface area (Å²) in [5.74, 6) is 0.200. The van der Waals surface area contributed by atoms with Gasteiger partial charge < -0.3 is 10.1 Å². The highest BCUT2D eigenvalue weighted by Gasteiger charge is 2.17. The second kappa shape index (κ2) is 8.32. The Morgan fingerprint density at radius 1 is 1.25 bits per heavy atom. The molecular weight excluding hydrogens is 276 g/mol. The van der Waals surface area contributed by atoms with Crippen LogP contribution >= 0.6 is 0 Å². The van der Waals surface area contributed by atoms with E-state index in [2.05, 4.69) is 30.8 Å². The lowest BCUT2D eigenvalue weighted by Gasteiger charge is -2.23. The van der Waals surface area contributed by atoms with Crippen molar-refractivity contribution in [2.45, 2.75) is 52.6 Å². The van der Waals surface area contributed by atoms with E-state index < -0.39 is 10.0 Å². The maximum atomic E-state index is 11.8. The van der Waals surface area contributed by atoms with Gasteiger partial charge in [-0.25, -0.2) is 13.1 Å². The van der Waals surface area contributed by atoms with Crippen molar-refractivity contribution < 1.29 is 13.2 Å². The molecule has 0 aromatic rings. The van der Waals surface area contributed by atoms with Gasteiger partial charge in [0.1, 0.15) is 0 Å². The molecule has 0 atom stereocenters. The Morgan fingerprint density at radius 3 is 2.50 bits per heavy atom. The first kappa shape index (κ1) is 17.9. The zero-order chi connectivity index (χ0) is 15.1. The molecule has 5 nitrogen and oxygen atoms in total. The zero-order valence-electron chi connectivity index (χ0n) is 13.1. The molecule has 20 heavy (non-hydrogen) atoms. The highest BCUT2D eigenvalue weighted by atomic mass is 32.2. The summed E-state index contributed by atoms with van der Waals surface area (Å²) in [6.45, 7) is 9.29. The van der Waals surface area contributed by atoms with Crippen LogP contribution in [0.5, 0.6) is 0 Å². The molecule has 1 fully saturated rings. The average molecular weight is 306 g/mol. The average Bonchev–Trinajstić information content (AvgIpc) is 2.37. The number of nitrogens with one attached hydrogen (secondary N) is 2. The molecule has 0 unspecified atom stereocenters. The van der Waals surface area contributed by atoms with Crippen molar-refractivity contribution in [2.75, 3.05) is 32.0 Å². The second-order valence-electron chi connectivity index (χ2n) is 6.70. The first-order valence-electron chi connectivity index (χ1n) is 7.58. The third-order valence-electron chi connectivity index (χ3n) is 3.40. The third-order valence-corrected chi connectivity index (χ3v) is 4.79. The molecular formula is C14H30N2O3S. The molecule has 0 aromatic carbocycles. The first-order chi connectivity index (χ1) is 9.29. The maximum Gasteiger partial charge on any atom is 0.211 e. The van der Waals surface area contributed by atoms with E-state index in [-0.39, 0.29) is 11.2 Å². The lowest BCUT2D eigenvalue weighted by Crippen LogP contribution is -2.33. The van der Waals surface area contributed by atoms with Gasteiger partial charge in [0, 0.05) is 13.2 Å². The van der Waals surface area contributed by atoms with Crippen molar-refractivity contribution in [3.8, 4) is 0 Å². The van der Waals surface area contributed by atoms with Crippen LogP contribution in [-0.2, 0) is 14.8 Å². The summed E-state index contributed by atoms with van der Waals surface area (Å²) in [5.41, 5.74) is 0.0485. The Bertz CT molecular complexity index is 357. The number of rotatable bonds is 8. The van der Waals surface area contributed by atoms with Crippen LogP contribution in [0, 0.1) is 5.41 Å². The zero-order valence-corrected chi connectivity index (χ0v) is 13.9. The molecule has 0 amide bonds. The molecule has 0 aliphatic carbocycles. The van der Waals surface area contributed by atoms with Crippen LogP contribution in [0.15, 0.2) is 0 Å². The third kappa shape index (κ3) is 8.89. The molecule has 0 aromatic heterocycles. The molecule has 0 bridgehead atoms. The molecule has 1 heterocycles. The van der Waals surface area contributed by atoms with E-state index in [1.54, 1.807) is 0 Å². The van der Waals surface area contributed by atoms with Crippen molar-refractivity contribution >= 4 is 10.0 Å². The van der Waals surface area contributed by atoms with Gasteiger partial charge in [-0.3, -0.25) is 0 Å². The fraction of sp³-hybridized carbons (Fsp3) is 1.00. The fourth-order valence-corrected chi connectivity index (χ4v) is 3.51. The van der Waals surface area contributed by atoms with Crippen LogP contribution in [-0.4, -0.2) is 46.5 Å². The van der Waals surface area contributed by atoms with Gasteiger partial charge in [-0.2, -0.15) is 0 Å². The standard InChI is InChI=1S/C14H30N2O3S/c1-14(2,3)7-12-20(17,18)16-8-4-11-19-13-5-9-15-10-6-13/h13,15-16H,4-12H2,1-3H3. The normalized spacial score (nSPS) is 18.4. The Kier molecular flexibility index (Phi) is 7.43. The highest BCUT2D eigenvalue weighted by molar-refractivity contribution is 7.89. The van der Waals surface area contributed by atoms with Crippen LogP contribution in [0.25, 0.3) is 0 Å². The monoisotopic (exact) mass is 306 g/mol. The van der Waals surface area contributed by atoms with Crippen molar-refractivity contribution in [3.63, 3.8) is 0 Å². The predicted molar refractivity (Wildman–Crippen MR) is 82.3 cm³/mol. The van der Waals surface area contributed by atoms with E-state index in [9.17, 15) is 8.42 Å². The predicted octanol–water partition coefficient (Wildman–Crippen LogP) is 1.50. The molecule has 1 aliphatic heterocycles. The Morgan fingerprint density at radius 2 is 1.90 bits per heavy atom. The minimum atomic E-state index is -3.14. The minimum Gasteiger partial charge on any atom is -0.378 e. The molecule has 1 aliphatic rings. The van der Waals surface area contributed by atoms with E-state index in [4.69, 9.17) is 4.74 Å². The largest absolute Gasteiger partial charge is 0.378 e. The van der Waals surface area contributed by atoms with Crippen LogP contribution in [0.2, 0.25) is 0 Å². The summed E-state index contributed by atoms with van der Waals surface area (Å²) in [4.78, 5) is 0. The van der Waals surface area contributed by atoms with Gasteiger partial charge in [0.25, 0.3) is 0 Å². The van der Waals surface area contributed by atoms with Gasteiger partial charge in [-0.05, 0) is 44.2 Å². The Hall–Kier alpha value is -0.170. The van der Waals surface area contributed by atoms with E-state index >= 15 is 0 Å². The molecule has 0 spiro atoms. The van der Waals surface area contributed by atoms with E-state index in [1.807, 2.05) is 0 Å². The van der Waals surface area contributed by atoms with Gasteiger partial charge in [-0.15, -0.1) is 0 Å². The minimum absolute atomic E-state index is 0.0485. The number of hydrogen-bond donors (Lipinski definition) is 2. The van der Waals surface area contributed by atoms with Crippen molar-refractivity contribution in [1.29, 1.82) is 0 Å². The Balaban J connectivity index is 2.07. The quantitative estimate of drug-likeness (QED) is 0.667. The lowest BCUT2D eigenvalue weighted by atomic mass is 9.94. The lowest BCUT2D eigenvalue weighted by molar-refractivity contribution is 0.0322. The van der Waals surface area contributed by atoms with E-state index in [0.717, 1.165) is 32.4 Å². The van der Waals surface area contributed by atoms with Crippen molar-refractivity contribution in [1.82, 2.24) is 10.0 Å². The summed E-state index contributed by atoms with van der Waals surface area (Å²) >= 11 is 0. The van der Waals surface area contributed by atoms with Gasteiger partial charge in [0.2, 0.25) is 10.0 Å². The van der Waals surface area contributed by atoms with Gasteiger partial charge in [-0.1, -0.05) is 20.8 Å². The van der Waals surface area contributed by atoms with Gasteiger partial charge in [0.15, 0.2) is 0 Å². The van der Waals surface area contributed by atoms with Crippen LogP contribution in [0.3, 0.4) is 0 Å². The number of piperidine rings is 1. The van der Waals surface area contributed by atoms with Crippen molar-refractivity contribution in [2.24, 2.45) is 5.41 Å². The van der Waals surface area contributed by atoms with Crippen LogP contribution in [0.1, 0.15) is 46.5 Å². The molecule has 1 saturated heterocycles. The smallest absolute Gasteiger partial charge is 0.211 e. The summed E-state index contributed by atoms with van der Waals surface area (Å²) in [7, 11) is -3.14. The molecule has 120 valence electrons. The molecule has 1 rings (SSSR count). The van der Waals surface area contributed by atoms with E-state index in [1.165, 1.54) is 0 Å². The molecule has 6 heteroatoms. The number of ether oxygens (including phenoxy) is 1. The summed E-state index contributed by atoms with van der Waals surface area (Å²) in [5, 5.41) is 3.29. The highest BCUT2D eigenvalue weighted by Crippen LogP contribution is 2.18. The topological polar surface area (TPSA) is 67.4 Å². The molecule has 2 N–H and O–H groups in total. The van der Waals surface area contributed by atoms with Gasteiger partial charge in [0.05, 0.1) is 11.9 Å². The van der Waals surface area contributed by atoms with Crippen LogP contribution < -0.4 is 10.0 Å². The number of hydrogen-bond acceptors (Lipinski definition) is 4. The Labute approximate surface area is 123 Å². The molecule has 0 saturated carbocycles. The summed E-state index contributed by atoms with van der Waals surface area (Å²) < 4.78 is 31.9. The first-order valence-corrected chi connectivity index (χ1v) is 9.23. The maximum absolute atomic E-state index is 11.8. The summed E-state index contributed by atoms with van der Waals surface area (Å²) in [6.07, 6.45) is 3.86. The summed E-state index contributed by atoms with van der Waals surface area (Å²) in [6, 6.07) is 0. The number of sulfonamides is 1. The van der Waals surface area contributed by atoms with Gasteiger partial charge >= 0.3 is 0 Å².